The quantitative estimate of drug-likeness (QED) is 0.775. The van der Waals surface area contributed by atoms with Crippen molar-refractivity contribution in [2.45, 2.75) is 6.61 Å². The van der Waals surface area contributed by atoms with Gasteiger partial charge in [-0.25, -0.2) is 4.79 Å². The van der Waals surface area contributed by atoms with E-state index in [0.717, 1.165) is 0 Å². The van der Waals surface area contributed by atoms with E-state index in [2.05, 4.69) is 4.74 Å². The number of ether oxygens (including phenoxy) is 1. The topological polar surface area (TPSA) is 70.3 Å². The van der Waals surface area contributed by atoms with Crippen molar-refractivity contribution in [1.82, 2.24) is 0 Å². The molecule has 0 spiro atoms. The lowest BCUT2D eigenvalue weighted by molar-refractivity contribution is 0.0600. The first-order chi connectivity index (χ1) is 7.15. The summed E-state index contributed by atoms with van der Waals surface area (Å²) in [6, 6.07) is 4.75. The monoisotopic (exact) mass is 225 g/mol. The molecule has 15 heavy (non-hydrogen) atoms. The molecule has 0 atom stereocenters. The summed E-state index contributed by atoms with van der Waals surface area (Å²) < 4.78 is 4.50. The van der Waals surface area contributed by atoms with E-state index >= 15 is 0 Å². The van der Waals surface area contributed by atoms with Crippen LogP contribution in [0.1, 0.15) is 21.5 Å². The molecular weight excluding hydrogens is 218 g/mol. The Balaban J connectivity index is 3.44. The largest absolute Gasteiger partial charge is 0.465 e. The number of nitrogens with zero attached hydrogens (tertiary/aromatic N) is 1. The molecule has 0 aliphatic heterocycles. The lowest BCUT2D eigenvalue weighted by Crippen LogP contribution is -2.07. The molecule has 1 aromatic rings. The third-order valence-electron chi connectivity index (χ3n) is 1.90. The molecule has 0 radical (unpaired) electrons. The maximum absolute atomic E-state index is 11.3. The molecule has 0 aromatic heterocycles. The number of benzene rings is 1. The van der Waals surface area contributed by atoms with E-state index < -0.39 is 5.97 Å². The van der Waals surface area contributed by atoms with Gasteiger partial charge in [0.05, 0.1) is 29.9 Å². The van der Waals surface area contributed by atoms with E-state index in [4.69, 9.17) is 22.0 Å². The van der Waals surface area contributed by atoms with Crippen LogP contribution in [0.15, 0.2) is 12.1 Å². The number of carbonyl (C=O) groups is 1. The summed E-state index contributed by atoms with van der Waals surface area (Å²) in [6.07, 6.45) is 0. The van der Waals surface area contributed by atoms with Gasteiger partial charge in [-0.2, -0.15) is 5.26 Å². The summed E-state index contributed by atoms with van der Waals surface area (Å²) in [5.41, 5.74) is 0.508. The molecule has 78 valence electrons. The van der Waals surface area contributed by atoms with Crippen LogP contribution in [-0.2, 0) is 11.3 Å². The minimum atomic E-state index is -0.688. The van der Waals surface area contributed by atoms with Crippen LogP contribution in [0.3, 0.4) is 0 Å². The Labute approximate surface area is 91.7 Å². The minimum Gasteiger partial charge on any atom is -0.465 e. The number of hydrogen-bond donors (Lipinski definition) is 1. The van der Waals surface area contributed by atoms with Crippen molar-refractivity contribution >= 4 is 17.6 Å². The van der Waals surface area contributed by atoms with Gasteiger partial charge >= 0.3 is 5.97 Å². The zero-order valence-corrected chi connectivity index (χ0v) is 8.71. The number of carbonyl (C=O) groups excluding carboxylic acids is 1. The molecule has 0 unspecified atom stereocenters. The van der Waals surface area contributed by atoms with Gasteiger partial charge in [0.1, 0.15) is 6.07 Å². The Bertz CT molecular complexity index is 437. The first-order valence-corrected chi connectivity index (χ1v) is 4.44. The average molecular weight is 226 g/mol. The zero-order chi connectivity index (χ0) is 11.4. The van der Waals surface area contributed by atoms with Crippen molar-refractivity contribution in [2.75, 3.05) is 7.11 Å². The van der Waals surface area contributed by atoms with Crippen LogP contribution in [-0.4, -0.2) is 18.2 Å². The second kappa shape index (κ2) is 4.78. The zero-order valence-electron chi connectivity index (χ0n) is 7.95. The van der Waals surface area contributed by atoms with Crippen molar-refractivity contribution < 1.29 is 14.6 Å². The van der Waals surface area contributed by atoms with Crippen LogP contribution in [0.4, 0.5) is 0 Å². The predicted octanol–water partition coefficient (Wildman–Crippen LogP) is 1.49. The van der Waals surface area contributed by atoms with Crippen LogP contribution >= 0.6 is 11.6 Å². The number of methoxy groups -OCH3 is 1. The number of nitriles is 1. The minimum absolute atomic E-state index is 0.00628. The van der Waals surface area contributed by atoms with E-state index in [-0.39, 0.29) is 22.8 Å². The molecule has 0 bridgehead atoms. The molecule has 1 rings (SSSR count). The van der Waals surface area contributed by atoms with Gasteiger partial charge in [0.15, 0.2) is 0 Å². The van der Waals surface area contributed by atoms with Gasteiger partial charge < -0.3 is 9.84 Å². The standard InChI is InChI=1S/C10H8ClNO3/c1-15-10(14)8-6(4-12)2-3-7(5-13)9(8)11/h2-3,13H,5H2,1H3. The molecule has 0 fully saturated rings. The SMILES string of the molecule is COC(=O)c1c(C#N)ccc(CO)c1Cl. The van der Waals surface area contributed by atoms with Gasteiger partial charge in [-0.05, 0) is 11.6 Å². The highest BCUT2D eigenvalue weighted by molar-refractivity contribution is 6.34. The van der Waals surface area contributed by atoms with E-state index in [0.29, 0.717) is 5.56 Å². The molecule has 0 aliphatic rings. The molecular formula is C10H8ClNO3. The normalized spacial score (nSPS) is 9.47. The Morgan fingerprint density at radius 1 is 1.67 bits per heavy atom. The fourth-order valence-electron chi connectivity index (χ4n) is 1.14. The first-order valence-electron chi connectivity index (χ1n) is 4.06. The maximum Gasteiger partial charge on any atom is 0.340 e. The van der Waals surface area contributed by atoms with Crippen LogP contribution in [0.5, 0.6) is 0 Å². The Hall–Kier alpha value is -1.57. The van der Waals surface area contributed by atoms with E-state index in [1.165, 1.54) is 19.2 Å². The van der Waals surface area contributed by atoms with Crippen LogP contribution in [0.2, 0.25) is 5.02 Å². The molecule has 0 aliphatic carbocycles. The molecule has 0 heterocycles. The highest BCUT2D eigenvalue weighted by Crippen LogP contribution is 2.25. The second-order valence-corrected chi connectivity index (χ2v) is 3.10. The molecule has 1 aromatic carbocycles. The number of halogens is 1. The third kappa shape index (κ3) is 2.09. The average Bonchev–Trinajstić information content (AvgIpc) is 2.27. The molecule has 1 N–H and O–H groups in total. The lowest BCUT2D eigenvalue weighted by Gasteiger charge is -2.07. The smallest absolute Gasteiger partial charge is 0.340 e. The summed E-state index contributed by atoms with van der Waals surface area (Å²) in [4.78, 5) is 11.3. The van der Waals surface area contributed by atoms with Crippen LogP contribution in [0.25, 0.3) is 0 Å². The molecule has 0 amide bonds. The first kappa shape index (κ1) is 11.5. The summed E-state index contributed by atoms with van der Waals surface area (Å²) in [7, 11) is 1.20. The van der Waals surface area contributed by atoms with E-state index in [1.807, 2.05) is 6.07 Å². The second-order valence-electron chi connectivity index (χ2n) is 2.72. The van der Waals surface area contributed by atoms with Gasteiger partial charge in [-0.3, -0.25) is 0 Å². The summed E-state index contributed by atoms with van der Waals surface area (Å²) in [6.45, 7) is -0.297. The molecule has 5 heteroatoms. The van der Waals surface area contributed by atoms with Crippen molar-refractivity contribution in [3.8, 4) is 6.07 Å². The highest BCUT2D eigenvalue weighted by Gasteiger charge is 2.18. The van der Waals surface area contributed by atoms with Crippen molar-refractivity contribution in [2.24, 2.45) is 0 Å². The van der Waals surface area contributed by atoms with Crippen molar-refractivity contribution in [3.05, 3.63) is 33.8 Å². The van der Waals surface area contributed by atoms with Crippen LogP contribution in [0, 0.1) is 11.3 Å². The van der Waals surface area contributed by atoms with Gasteiger partial charge in [0.25, 0.3) is 0 Å². The molecule has 4 nitrogen and oxygen atoms in total. The summed E-state index contributed by atoms with van der Waals surface area (Å²) >= 11 is 5.85. The Morgan fingerprint density at radius 3 is 2.80 bits per heavy atom. The number of esters is 1. The number of aliphatic hydroxyl groups excluding tert-OH is 1. The van der Waals surface area contributed by atoms with Gasteiger partial charge in [0.2, 0.25) is 0 Å². The predicted molar refractivity (Wildman–Crippen MR) is 53.4 cm³/mol. The summed E-state index contributed by atoms with van der Waals surface area (Å²) in [5, 5.41) is 17.8. The van der Waals surface area contributed by atoms with Gasteiger partial charge in [0, 0.05) is 0 Å². The lowest BCUT2D eigenvalue weighted by atomic mass is 10.0. The van der Waals surface area contributed by atoms with Gasteiger partial charge in [-0.15, -0.1) is 0 Å². The number of rotatable bonds is 2. The van der Waals surface area contributed by atoms with Crippen LogP contribution < -0.4 is 0 Å². The molecule has 0 saturated heterocycles. The molecule has 0 saturated carbocycles. The maximum atomic E-state index is 11.3. The van der Waals surface area contributed by atoms with Crippen molar-refractivity contribution in [3.63, 3.8) is 0 Å². The summed E-state index contributed by atoms with van der Waals surface area (Å²) in [5.74, 6) is -0.688. The Kier molecular flexibility index (Phi) is 3.67. The fraction of sp³-hybridized carbons (Fsp3) is 0.200. The Morgan fingerprint density at radius 2 is 2.33 bits per heavy atom. The number of aliphatic hydroxyl groups is 1. The third-order valence-corrected chi connectivity index (χ3v) is 2.33. The number of hydrogen-bond acceptors (Lipinski definition) is 4. The van der Waals surface area contributed by atoms with Crippen molar-refractivity contribution in [1.29, 1.82) is 5.26 Å². The highest BCUT2D eigenvalue weighted by atomic mass is 35.5. The van der Waals surface area contributed by atoms with E-state index in [9.17, 15) is 4.79 Å². The van der Waals surface area contributed by atoms with E-state index in [1.54, 1.807) is 0 Å². The van der Waals surface area contributed by atoms with Gasteiger partial charge in [-0.1, -0.05) is 17.7 Å². The fourth-order valence-corrected chi connectivity index (χ4v) is 1.44.